The number of carboxylic acids is 1. The Morgan fingerprint density at radius 3 is 2.44 bits per heavy atom. The molecule has 1 aromatic heterocycles. The molecule has 0 aliphatic heterocycles. The maximum Gasteiger partial charge on any atom is 0.331 e. The number of aromatic nitrogens is 1. The van der Waals surface area contributed by atoms with Crippen molar-refractivity contribution in [2.75, 3.05) is 5.32 Å². The Hall–Kier alpha value is -1.69. The minimum atomic E-state index is -1.11. The number of carboxylic acid groups (broad SMARTS) is 1. The van der Waals surface area contributed by atoms with E-state index < -0.39 is 11.9 Å². The van der Waals surface area contributed by atoms with E-state index in [9.17, 15) is 9.59 Å². The Labute approximate surface area is 113 Å². The zero-order valence-corrected chi connectivity index (χ0v) is 11.8. The maximum absolute atomic E-state index is 11.8. The van der Waals surface area contributed by atoms with Crippen molar-refractivity contribution in [3.63, 3.8) is 0 Å². The van der Waals surface area contributed by atoms with Crippen LogP contribution in [-0.2, 0) is 9.59 Å². The average molecular weight is 313 g/mol. The van der Waals surface area contributed by atoms with Crippen LogP contribution in [0.1, 0.15) is 19.4 Å². The lowest BCUT2D eigenvalue weighted by molar-refractivity contribution is -0.133. The topological polar surface area (TPSA) is 79.3 Å². The molecule has 0 saturated carbocycles. The van der Waals surface area contributed by atoms with Gasteiger partial charge in [-0.3, -0.25) is 4.79 Å². The fourth-order valence-electron chi connectivity index (χ4n) is 1.20. The lowest BCUT2D eigenvalue weighted by atomic mass is 10.1. The molecule has 96 valence electrons. The average Bonchev–Trinajstić information content (AvgIpc) is 2.30. The largest absolute Gasteiger partial charge is 0.478 e. The minimum Gasteiger partial charge on any atom is -0.478 e. The van der Waals surface area contributed by atoms with Gasteiger partial charge in [0.2, 0.25) is 0 Å². The molecule has 1 aromatic rings. The number of pyridine rings is 1. The Bertz CT molecular complexity index is 538. The standard InChI is InChI=1S/C12H13BrN2O3/c1-6-4-9(13)5-14-10(6)15-11(16)7(2)8(3)12(17)18/h4-5H,1-3H3,(H,17,18)(H,14,15,16). The summed E-state index contributed by atoms with van der Waals surface area (Å²) in [7, 11) is 0. The third-order valence-electron chi connectivity index (χ3n) is 2.50. The SMILES string of the molecule is CC(C(=O)O)=C(C)C(=O)Nc1ncc(Br)cc1C. The first kappa shape index (κ1) is 14.4. The molecule has 0 unspecified atom stereocenters. The Balaban J connectivity index is 2.95. The van der Waals surface area contributed by atoms with Crippen molar-refractivity contribution in [3.8, 4) is 0 Å². The van der Waals surface area contributed by atoms with Crippen molar-refractivity contribution in [2.24, 2.45) is 0 Å². The molecule has 0 spiro atoms. The van der Waals surface area contributed by atoms with Crippen LogP contribution in [0.3, 0.4) is 0 Å². The number of hydrogen-bond acceptors (Lipinski definition) is 3. The second kappa shape index (κ2) is 5.77. The van der Waals surface area contributed by atoms with Gasteiger partial charge in [-0.2, -0.15) is 0 Å². The predicted octanol–water partition coefficient (Wildman–Crippen LogP) is 2.51. The Morgan fingerprint density at radius 1 is 1.33 bits per heavy atom. The van der Waals surface area contributed by atoms with Gasteiger partial charge in [-0.05, 0) is 48.3 Å². The number of hydrogen-bond donors (Lipinski definition) is 2. The third-order valence-corrected chi connectivity index (χ3v) is 2.93. The highest BCUT2D eigenvalue weighted by Crippen LogP contribution is 2.17. The summed E-state index contributed by atoms with van der Waals surface area (Å²) in [6, 6.07) is 1.81. The van der Waals surface area contributed by atoms with Gasteiger partial charge in [-0.25, -0.2) is 9.78 Å². The van der Waals surface area contributed by atoms with Gasteiger partial charge in [0.1, 0.15) is 5.82 Å². The molecule has 1 amide bonds. The summed E-state index contributed by atoms with van der Waals surface area (Å²) in [5.74, 6) is -1.16. The lowest BCUT2D eigenvalue weighted by Gasteiger charge is -2.08. The third kappa shape index (κ3) is 3.40. The van der Waals surface area contributed by atoms with E-state index in [0.29, 0.717) is 5.82 Å². The van der Waals surface area contributed by atoms with Crippen molar-refractivity contribution in [3.05, 3.63) is 33.4 Å². The van der Waals surface area contributed by atoms with E-state index in [1.165, 1.54) is 13.8 Å². The van der Waals surface area contributed by atoms with Crippen LogP contribution in [0.25, 0.3) is 0 Å². The number of carbonyl (C=O) groups is 2. The zero-order valence-electron chi connectivity index (χ0n) is 10.2. The van der Waals surface area contributed by atoms with Crippen LogP contribution in [0.2, 0.25) is 0 Å². The molecule has 5 nitrogen and oxygen atoms in total. The number of carbonyl (C=O) groups excluding carboxylic acids is 1. The van der Waals surface area contributed by atoms with Crippen LogP contribution in [0.4, 0.5) is 5.82 Å². The van der Waals surface area contributed by atoms with Crippen LogP contribution in [0.15, 0.2) is 27.9 Å². The zero-order chi connectivity index (χ0) is 13.9. The molecule has 0 radical (unpaired) electrons. The van der Waals surface area contributed by atoms with Gasteiger partial charge < -0.3 is 10.4 Å². The molecule has 0 bridgehead atoms. The van der Waals surface area contributed by atoms with Crippen molar-refractivity contribution < 1.29 is 14.7 Å². The van der Waals surface area contributed by atoms with Crippen LogP contribution in [-0.4, -0.2) is 22.0 Å². The van der Waals surface area contributed by atoms with E-state index in [1.807, 2.05) is 6.07 Å². The molecular weight excluding hydrogens is 300 g/mol. The van der Waals surface area contributed by atoms with E-state index in [2.05, 4.69) is 26.2 Å². The summed E-state index contributed by atoms with van der Waals surface area (Å²) in [5, 5.41) is 11.4. The van der Waals surface area contributed by atoms with Crippen molar-refractivity contribution in [1.82, 2.24) is 4.98 Å². The maximum atomic E-state index is 11.8. The smallest absolute Gasteiger partial charge is 0.331 e. The molecule has 0 aromatic carbocycles. The van der Waals surface area contributed by atoms with E-state index in [-0.39, 0.29) is 11.1 Å². The van der Waals surface area contributed by atoms with Gasteiger partial charge in [-0.15, -0.1) is 0 Å². The molecule has 0 aliphatic rings. The summed E-state index contributed by atoms with van der Waals surface area (Å²) in [4.78, 5) is 26.6. The van der Waals surface area contributed by atoms with Gasteiger partial charge in [0.15, 0.2) is 0 Å². The highest BCUT2D eigenvalue weighted by molar-refractivity contribution is 9.10. The van der Waals surface area contributed by atoms with Crippen LogP contribution in [0, 0.1) is 6.92 Å². The first-order valence-electron chi connectivity index (χ1n) is 5.17. The number of halogens is 1. The monoisotopic (exact) mass is 312 g/mol. The Kier molecular flexibility index (Phi) is 4.61. The fourth-order valence-corrected chi connectivity index (χ4v) is 1.65. The van der Waals surface area contributed by atoms with Crippen LogP contribution in [0.5, 0.6) is 0 Å². The van der Waals surface area contributed by atoms with E-state index in [1.54, 1.807) is 13.1 Å². The number of aryl methyl sites for hydroxylation is 1. The molecule has 6 heteroatoms. The second-order valence-corrected chi connectivity index (χ2v) is 4.74. The molecule has 0 fully saturated rings. The fraction of sp³-hybridized carbons (Fsp3) is 0.250. The summed E-state index contributed by atoms with van der Waals surface area (Å²) < 4.78 is 0.812. The molecular formula is C12H13BrN2O3. The summed E-state index contributed by atoms with van der Waals surface area (Å²) in [6.07, 6.45) is 1.56. The number of aliphatic carboxylic acids is 1. The van der Waals surface area contributed by atoms with Gasteiger partial charge in [-0.1, -0.05) is 0 Å². The second-order valence-electron chi connectivity index (χ2n) is 3.83. The molecule has 1 rings (SSSR count). The van der Waals surface area contributed by atoms with Gasteiger partial charge >= 0.3 is 5.97 Å². The summed E-state index contributed by atoms with van der Waals surface area (Å²) in [5.41, 5.74) is 0.965. The van der Waals surface area contributed by atoms with Crippen LogP contribution < -0.4 is 5.32 Å². The van der Waals surface area contributed by atoms with Crippen molar-refractivity contribution in [1.29, 1.82) is 0 Å². The summed E-state index contributed by atoms with van der Waals surface area (Å²) >= 11 is 3.27. The van der Waals surface area contributed by atoms with Gasteiger partial charge in [0.05, 0.1) is 0 Å². The summed E-state index contributed by atoms with van der Waals surface area (Å²) in [6.45, 7) is 4.66. The normalized spacial score (nSPS) is 11.8. The predicted molar refractivity (Wildman–Crippen MR) is 71.3 cm³/mol. The number of anilines is 1. The lowest BCUT2D eigenvalue weighted by Crippen LogP contribution is -2.17. The minimum absolute atomic E-state index is 0.0160. The highest BCUT2D eigenvalue weighted by atomic mass is 79.9. The number of rotatable bonds is 3. The van der Waals surface area contributed by atoms with Crippen molar-refractivity contribution in [2.45, 2.75) is 20.8 Å². The number of nitrogens with zero attached hydrogens (tertiary/aromatic N) is 1. The van der Waals surface area contributed by atoms with E-state index in [4.69, 9.17) is 5.11 Å². The van der Waals surface area contributed by atoms with E-state index in [0.717, 1.165) is 10.0 Å². The van der Waals surface area contributed by atoms with Gasteiger partial charge in [0.25, 0.3) is 5.91 Å². The number of amides is 1. The van der Waals surface area contributed by atoms with Crippen LogP contribution >= 0.6 is 15.9 Å². The van der Waals surface area contributed by atoms with E-state index >= 15 is 0 Å². The van der Waals surface area contributed by atoms with Gasteiger partial charge in [0, 0.05) is 21.8 Å². The highest BCUT2D eigenvalue weighted by Gasteiger charge is 2.14. The first-order valence-corrected chi connectivity index (χ1v) is 5.96. The quantitative estimate of drug-likeness (QED) is 0.840. The molecule has 0 saturated heterocycles. The molecule has 0 atom stereocenters. The Morgan fingerprint density at radius 2 is 1.94 bits per heavy atom. The number of nitrogens with one attached hydrogen (secondary N) is 1. The molecule has 1 heterocycles. The molecule has 0 aliphatic carbocycles. The first-order chi connectivity index (χ1) is 8.32. The van der Waals surface area contributed by atoms with Crippen molar-refractivity contribution >= 4 is 33.6 Å². The molecule has 2 N–H and O–H groups in total. The molecule has 18 heavy (non-hydrogen) atoms.